The number of amides is 1. The Kier molecular flexibility index (Phi) is 10.4. The van der Waals surface area contributed by atoms with Crippen LogP contribution < -0.4 is 4.74 Å². The molecule has 1 aromatic rings. The molecule has 0 fully saturated rings. The van der Waals surface area contributed by atoms with E-state index < -0.39 is 5.92 Å². The quantitative estimate of drug-likeness (QED) is 0.420. The minimum atomic E-state index is -0.403. The van der Waals surface area contributed by atoms with Crippen LogP contribution >= 0.6 is 0 Å². The summed E-state index contributed by atoms with van der Waals surface area (Å²) in [6, 6.07) is 7.10. The molecule has 0 radical (unpaired) electrons. The number of nitrogens with zero attached hydrogens (tertiary/aromatic N) is 1. The Morgan fingerprint density at radius 1 is 1.12 bits per heavy atom. The Hall–Kier alpha value is -2.08. The van der Waals surface area contributed by atoms with E-state index in [1.165, 1.54) is 14.2 Å². The average Bonchev–Trinajstić information content (AvgIpc) is 2.68. The molecular formula is C20H31NO5. The van der Waals surface area contributed by atoms with Crippen molar-refractivity contribution in [2.75, 3.05) is 40.5 Å². The molecule has 146 valence electrons. The molecule has 0 heterocycles. The number of carbonyl (C=O) groups is 2. The highest BCUT2D eigenvalue weighted by Crippen LogP contribution is 2.20. The number of para-hydroxylation sites is 1. The summed E-state index contributed by atoms with van der Waals surface area (Å²) in [4.78, 5) is 26.4. The maximum atomic E-state index is 13.0. The summed E-state index contributed by atoms with van der Waals surface area (Å²) in [5.74, 6) is -0.374. The van der Waals surface area contributed by atoms with E-state index in [0.29, 0.717) is 37.4 Å². The summed E-state index contributed by atoms with van der Waals surface area (Å²) < 4.78 is 15.7. The summed E-state index contributed by atoms with van der Waals surface area (Å²) in [6.07, 6.45) is 2.83. The Balaban J connectivity index is 2.78. The molecule has 0 spiro atoms. The lowest BCUT2D eigenvalue weighted by molar-refractivity contribution is -0.145. The van der Waals surface area contributed by atoms with Crippen molar-refractivity contribution in [3.63, 3.8) is 0 Å². The summed E-state index contributed by atoms with van der Waals surface area (Å²) in [5, 5.41) is 0. The maximum Gasteiger partial charge on any atom is 0.310 e. The van der Waals surface area contributed by atoms with E-state index in [1.807, 2.05) is 6.07 Å². The van der Waals surface area contributed by atoms with E-state index in [2.05, 4.69) is 6.92 Å². The predicted octanol–water partition coefficient (Wildman–Crippen LogP) is 3.15. The van der Waals surface area contributed by atoms with E-state index >= 15 is 0 Å². The van der Waals surface area contributed by atoms with Crippen molar-refractivity contribution >= 4 is 11.9 Å². The summed E-state index contributed by atoms with van der Waals surface area (Å²) in [7, 11) is 2.89. The van der Waals surface area contributed by atoms with Gasteiger partial charge in [-0.05, 0) is 25.0 Å². The second-order valence-electron chi connectivity index (χ2n) is 6.20. The fourth-order valence-corrected chi connectivity index (χ4v) is 2.58. The van der Waals surface area contributed by atoms with Crippen molar-refractivity contribution in [3.05, 3.63) is 29.8 Å². The van der Waals surface area contributed by atoms with Crippen molar-refractivity contribution in [2.24, 2.45) is 5.92 Å². The average molecular weight is 365 g/mol. The van der Waals surface area contributed by atoms with Gasteiger partial charge in [-0.1, -0.05) is 32.4 Å². The van der Waals surface area contributed by atoms with Gasteiger partial charge in [0.15, 0.2) is 0 Å². The molecule has 1 aromatic carbocycles. The number of benzene rings is 1. The van der Waals surface area contributed by atoms with Crippen molar-refractivity contribution < 1.29 is 23.8 Å². The van der Waals surface area contributed by atoms with Crippen molar-refractivity contribution in [3.8, 4) is 5.75 Å². The van der Waals surface area contributed by atoms with Crippen LogP contribution in [0.15, 0.2) is 24.3 Å². The molecule has 0 N–H and O–H groups in total. The predicted molar refractivity (Wildman–Crippen MR) is 100 cm³/mol. The molecule has 1 amide bonds. The lowest BCUT2D eigenvalue weighted by Crippen LogP contribution is -2.38. The molecule has 0 aliphatic carbocycles. The third kappa shape index (κ3) is 7.04. The number of esters is 1. The van der Waals surface area contributed by atoms with Gasteiger partial charge in [-0.3, -0.25) is 9.59 Å². The van der Waals surface area contributed by atoms with Gasteiger partial charge in [-0.2, -0.15) is 0 Å². The Morgan fingerprint density at radius 3 is 2.46 bits per heavy atom. The Morgan fingerprint density at radius 2 is 1.81 bits per heavy atom. The smallest absolute Gasteiger partial charge is 0.310 e. The number of ether oxygens (including phenoxy) is 3. The summed E-state index contributed by atoms with van der Waals surface area (Å²) in [6.45, 7) is 5.98. The molecule has 0 saturated heterocycles. The number of carbonyl (C=O) groups excluding carboxylic acids is 2. The zero-order valence-corrected chi connectivity index (χ0v) is 16.3. The van der Waals surface area contributed by atoms with Crippen LogP contribution in [0.4, 0.5) is 0 Å². The molecule has 0 aromatic heterocycles. The van der Waals surface area contributed by atoms with Gasteiger partial charge in [0.1, 0.15) is 5.75 Å². The van der Waals surface area contributed by atoms with Gasteiger partial charge in [0.2, 0.25) is 0 Å². The first-order valence-electron chi connectivity index (χ1n) is 9.13. The minimum absolute atomic E-state index is 0.160. The fraction of sp³-hybridized carbons (Fsp3) is 0.600. The largest absolute Gasteiger partial charge is 0.496 e. The van der Waals surface area contributed by atoms with Crippen molar-refractivity contribution in [1.82, 2.24) is 4.90 Å². The molecule has 0 aliphatic heterocycles. The summed E-state index contributed by atoms with van der Waals surface area (Å²) >= 11 is 0. The lowest BCUT2D eigenvalue weighted by atomic mass is 10.1. The monoisotopic (exact) mass is 365 g/mol. The first kappa shape index (κ1) is 22.0. The lowest BCUT2D eigenvalue weighted by Gasteiger charge is -2.26. The normalized spacial score (nSPS) is 11.7. The second-order valence-corrected chi connectivity index (χ2v) is 6.20. The van der Waals surface area contributed by atoms with E-state index in [4.69, 9.17) is 14.2 Å². The molecule has 26 heavy (non-hydrogen) atoms. The van der Waals surface area contributed by atoms with Gasteiger partial charge < -0.3 is 19.1 Å². The molecule has 0 bridgehead atoms. The van der Waals surface area contributed by atoms with Crippen molar-refractivity contribution in [1.29, 1.82) is 0 Å². The second kappa shape index (κ2) is 12.3. The van der Waals surface area contributed by atoms with Gasteiger partial charge in [-0.25, -0.2) is 0 Å². The van der Waals surface area contributed by atoms with E-state index in [-0.39, 0.29) is 11.9 Å². The van der Waals surface area contributed by atoms with Crippen LogP contribution in [0.25, 0.3) is 0 Å². The first-order chi connectivity index (χ1) is 12.5. The number of hydrogen-bond donors (Lipinski definition) is 0. The van der Waals surface area contributed by atoms with E-state index in [9.17, 15) is 9.59 Å². The highest BCUT2D eigenvalue weighted by molar-refractivity contribution is 5.97. The topological polar surface area (TPSA) is 65.1 Å². The number of methoxy groups -OCH3 is 2. The third-order valence-electron chi connectivity index (χ3n) is 4.08. The van der Waals surface area contributed by atoms with E-state index in [0.717, 1.165) is 19.4 Å². The Labute approximate surface area is 156 Å². The Bertz CT molecular complexity index is 561. The van der Waals surface area contributed by atoms with Gasteiger partial charge in [-0.15, -0.1) is 0 Å². The van der Waals surface area contributed by atoms with Crippen LogP contribution in [0, 0.1) is 5.92 Å². The minimum Gasteiger partial charge on any atom is -0.496 e. The van der Waals surface area contributed by atoms with Crippen molar-refractivity contribution in [2.45, 2.75) is 33.1 Å². The van der Waals surface area contributed by atoms with Crippen LogP contribution in [0.5, 0.6) is 5.75 Å². The SMILES string of the molecule is CCCCOCCCN(CC(C)C(=O)OC)C(=O)c1ccccc1OC. The molecule has 1 unspecified atom stereocenters. The van der Waals surface area contributed by atoms with Gasteiger partial charge in [0.25, 0.3) is 5.91 Å². The standard InChI is InChI=1S/C20H31NO5/c1-5-6-13-26-14-9-12-21(15-16(2)20(23)25-4)19(22)17-10-7-8-11-18(17)24-3/h7-8,10-11,16H,5-6,9,12-15H2,1-4H3. The molecule has 1 rings (SSSR count). The summed E-state index contributed by atoms with van der Waals surface area (Å²) in [5.41, 5.74) is 0.485. The highest BCUT2D eigenvalue weighted by Gasteiger charge is 2.24. The van der Waals surface area contributed by atoms with Gasteiger partial charge in [0.05, 0.1) is 25.7 Å². The highest BCUT2D eigenvalue weighted by atomic mass is 16.5. The zero-order chi connectivity index (χ0) is 19.4. The third-order valence-corrected chi connectivity index (χ3v) is 4.08. The van der Waals surface area contributed by atoms with Crippen LogP contribution in [0.3, 0.4) is 0 Å². The zero-order valence-electron chi connectivity index (χ0n) is 16.3. The molecule has 6 nitrogen and oxygen atoms in total. The molecule has 6 heteroatoms. The fourth-order valence-electron chi connectivity index (χ4n) is 2.58. The van der Waals surface area contributed by atoms with Gasteiger partial charge >= 0.3 is 5.97 Å². The molecular weight excluding hydrogens is 334 g/mol. The molecule has 0 saturated carbocycles. The van der Waals surface area contributed by atoms with Gasteiger partial charge in [0, 0.05) is 26.3 Å². The number of rotatable bonds is 12. The number of hydrogen-bond acceptors (Lipinski definition) is 5. The molecule has 0 aliphatic rings. The maximum absolute atomic E-state index is 13.0. The first-order valence-corrected chi connectivity index (χ1v) is 9.13. The van der Waals surface area contributed by atoms with Crippen LogP contribution in [-0.4, -0.2) is 57.3 Å². The van der Waals surface area contributed by atoms with Crippen LogP contribution in [0.1, 0.15) is 43.5 Å². The molecule has 1 atom stereocenters. The number of unbranched alkanes of at least 4 members (excludes halogenated alkanes) is 1. The van der Waals surface area contributed by atoms with Crippen LogP contribution in [0.2, 0.25) is 0 Å². The van der Waals surface area contributed by atoms with Crippen LogP contribution in [-0.2, 0) is 14.3 Å². The van der Waals surface area contributed by atoms with E-state index in [1.54, 1.807) is 30.0 Å².